The van der Waals surface area contributed by atoms with Gasteiger partial charge in [0.15, 0.2) is 9.84 Å². The van der Waals surface area contributed by atoms with Gasteiger partial charge >= 0.3 is 0 Å². The number of hydrogen-bond acceptors (Lipinski definition) is 4. The molecular formula is C15H16N2O3S. The van der Waals surface area contributed by atoms with E-state index in [4.69, 9.17) is 5.26 Å². The van der Waals surface area contributed by atoms with Gasteiger partial charge in [-0.1, -0.05) is 12.1 Å². The Kier molecular flexibility index (Phi) is 4.76. The van der Waals surface area contributed by atoms with E-state index >= 15 is 0 Å². The van der Waals surface area contributed by atoms with Crippen molar-refractivity contribution < 1.29 is 13.2 Å². The van der Waals surface area contributed by atoms with Crippen LogP contribution in [0.25, 0.3) is 6.08 Å². The number of amides is 1. The van der Waals surface area contributed by atoms with Crippen molar-refractivity contribution in [3.8, 4) is 6.07 Å². The predicted octanol–water partition coefficient (Wildman–Crippen LogP) is 1.26. The molecule has 2 rings (SSSR count). The van der Waals surface area contributed by atoms with Crippen molar-refractivity contribution in [2.45, 2.75) is 18.9 Å². The predicted molar refractivity (Wildman–Crippen MR) is 80.0 cm³/mol. The van der Waals surface area contributed by atoms with Crippen LogP contribution in [0.3, 0.4) is 0 Å². The second kappa shape index (κ2) is 6.55. The standard InChI is InChI=1S/C15H16N2O3S/c16-10-13-4-1-3-12(9-13)6-7-15(18)17-14-5-2-8-21(19,20)11-14/h1,3-4,6-7,9,14H,2,5,8,11H2,(H,17,18)/b7-6-/t14-/m1/s1. The van der Waals surface area contributed by atoms with Crippen molar-refractivity contribution >= 4 is 21.8 Å². The van der Waals surface area contributed by atoms with Crippen LogP contribution in [0.4, 0.5) is 0 Å². The highest BCUT2D eigenvalue weighted by Gasteiger charge is 2.25. The highest BCUT2D eigenvalue weighted by molar-refractivity contribution is 7.91. The van der Waals surface area contributed by atoms with Crippen LogP contribution in [-0.4, -0.2) is 31.9 Å². The first kappa shape index (κ1) is 15.3. The van der Waals surface area contributed by atoms with E-state index in [0.29, 0.717) is 18.4 Å². The van der Waals surface area contributed by atoms with E-state index in [0.717, 1.165) is 5.56 Å². The molecule has 5 nitrogen and oxygen atoms in total. The average molecular weight is 304 g/mol. The third-order valence-corrected chi connectivity index (χ3v) is 5.07. The Labute approximate surface area is 124 Å². The molecule has 1 heterocycles. The van der Waals surface area contributed by atoms with E-state index in [1.165, 1.54) is 6.08 Å². The molecule has 1 aliphatic heterocycles. The number of nitrogens with one attached hydrogen (secondary N) is 1. The first-order valence-electron chi connectivity index (χ1n) is 6.68. The van der Waals surface area contributed by atoms with Gasteiger partial charge in [-0.3, -0.25) is 4.79 Å². The second-order valence-corrected chi connectivity index (χ2v) is 7.26. The molecule has 1 N–H and O–H groups in total. The maximum atomic E-state index is 11.8. The van der Waals surface area contributed by atoms with Gasteiger partial charge in [0, 0.05) is 12.1 Å². The number of nitriles is 1. The van der Waals surface area contributed by atoms with E-state index in [1.54, 1.807) is 30.3 Å². The van der Waals surface area contributed by atoms with Crippen molar-refractivity contribution in [1.82, 2.24) is 5.32 Å². The van der Waals surface area contributed by atoms with Gasteiger partial charge in [0.1, 0.15) is 0 Å². The highest BCUT2D eigenvalue weighted by atomic mass is 32.2. The van der Waals surface area contributed by atoms with Gasteiger partial charge in [0.2, 0.25) is 5.91 Å². The van der Waals surface area contributed by atoms with Crippen LogP contribution in [0.1, 0.15) is 24.0 Å². The SMILES string of the molecule is N#Cc1cccc(/C=C\C(=O)N[C@@H]2CCCS(=O)(=O)C2)c1. The Morgan fingerprint density at radius 2 is 2.24 bits per heavy atom. The molecular weight excluding hydrogens is 288 g/mol. The number of rotatable bonds is 3. The summed E-state index contributed by atoms with van der Waals surface area (Å²) in [6.45, 7) is 0. The third kappa shape index (κ3) is 4.72. The normalized spacial score (nSPS) is 20.8. The zero-order valence-corrected chi connectivity index (χ0v) is 12.3. The summed E-state index contributed by atoms with van der Waals surface area (Å²) in [7, 11) is -3.03. The van der Waals surface area contributed by atoms with Gasteiger partial charge in [-0.25, -0.2) is 8.42 Å². The van der Waals surface area contributed by atoms with Crippen molar-refractivity contribution in [1.29, 1.82) is 5.26 Å². The van der Waals surface area contributed by atoms with E-state index < -0.39 is 9.84 Å². The van der Waals surface area contributed by atoms with Gasteiger partial charge in [0.25, 0.3) is 0 Å². The fourth-order valence-electron chi connectivity index (χ4n) is 2.27. The molecule has 0 aliphatic carbocycles. The highest BCUT2D eigenvalue weighted by Crippen LogP contribution is 2.12. The van der Waals surface area contributed by atoms with Crippen LogP contribution >= 0.6 is 0 Å². The van der Waals surface area contributed by atoms with Crippen LogP contribution in [0.2, 0.25) is 0 Å². The first-order valence-corrected chi connectivity index (χ1v) is 8.50. The zero-order valence-electron chi connectivity index (χ0n) is 11.5. The van der Waals surface area contributed by atoms with E-state index in [1.807, 2.05) is 6.07 Å². The maximum absolute atomic E-state index is 11.8. The van der Waals surface area contributed by atoms with Crippen LogP contribution in [-0.2, 0) is 14.6 Å². The smallest absolute Gasteiger partial charge is 0.244 e. The summed E-state index contributed by atoms with van der Waals surface area (Å²) in [6.07, 6.45) is 4.23. The molecule has 0 unspecified atom stereocenters. The Bertz CT molecular complexity index is 702. The van der Waals surface area contributed by atoms with E-state index in [-0.39, 0.29) is 23.5 Å². The first-order chi connectivity index (χ1) is 9.98. The summed E-state index contributed by atoms with van der Waals surface area (Å²) in [6, 6.07) is 8.60. The van der Waals surface area contributed by atoms with Gasteiger partial charge in [0.05, 0.1) is 23.1 Å². The summed E-state index contributed by atoms with van der Waals surface area (Å²) in [5, 5.41) is 11.5. The minimum atomic E-state index is -3.03. The lowest BCUT2D eigenvalue weighted by Gasteiger charge is -2.22. The minimum Gasteiger partial charge on any atom is -0.349 e. The molecule has 1 atom stereocenters. The topological polar surface area (TPSA) is 87.0 Å². The molecule has 1 aromatic rings. The van der Waals surface area contributed by atoms with Crippen molar-refractivity contribution in [3.05, 3.63) is 41.5 Å². The number of carbonyl (C=O) groups is 1. The monoisotopic (exact) mass is 304 g/mol. The number of benzene rings is 1. The third-order valence-electron chi connectivity index (χ3n) is 3.25. The second-order valence-electron chi connectivity index (χ2n) is 5.03. The van der Waals surface area contributed by atoms with Crippen LogP contribution in [0, 0.1) is 11.3 Å². The Hall–Kier alpha value is -2.13. The number of hydrogen-bond donors (Lipinski definition) is 1. The molecule has 6 heteroatoms. The molecule has 1 fully saturated rings. The number of sulfone groups is 1. The largest absolute Gasteiger partial charge is 0.349 e. The molecule has 21 heavy (non-hydrogen) atoms. The molecule has 110 valence electrons. The van der Waals surface area contributed by atoms with Crippen LogP contribution in [0.15, 0.2) is 30.3 Å². The fraction of sp³-hybridized carbons (Fsp3) is 0.333. The summed E-state index contributed by atoms with van der Waals surface area (Å²) in [4.78, 5) is 11.8. The molecule has 0 saturated carbocycles. The van der Waals surface area contributed by atoms with Gasteiger partial charge in [-0.2, -0.15) is 5.26 Å². The van der Waals surface area contributed by atoms with Crippen molar-refractivity contribution in [2.75, 3.05) is 11.5 Å². The Balaban J connectivity index is 1.95. The van der Waals surface area contributed by atoms with Gasteiger partial charge in [-0.15, -0.1) is 0 Å². The Morgan fingerprint density at radius 3 is 2.95 bits per heavy atom. The molecule has 1 aromatic carbocycles. The molecule has 0 spiro atoms. The molecule has 0 bridgehead atoms. The zero-order chi connectivity index (χ0) is 15.3. The Morgan fingerprint density at radius 1 is 1.43 bits per heavy atom. The van der Waals surface area contributed by atoms with Crippen LogP contribution < -0.4 is 5.32 Å². The molecule has 1 amide bonds. The summed E-state index contributed by atoms with van der Waals surface area (Å²) >= 11 is 0. The van der Waals surface area contributed by atoms with Gasteiger partial charge in [-0.05, 0) is 36.6 Å². The molecule has 0 radical (unpaired) electrons. The summed E-state index contributed by atoms with van der Waals surface area (Å²) < 4.78 is 23.0. The van der Waals surface area contributed by atoms with Gasteiger partial charge < -0.3 is 5.32 Å². The quantitative estimate of drug-likeness (QED) is 0.852. The number of carbonyl (C=O) groups excluding carboxylic acids is 1. The lowest BCUT2D eigenvalue weighted by Crippen LogP contribution is -2.42. The number of nitrogens with zero attached hydrogens (tertiary/aromatic N) is 1. The fourth-order valence-corrected chi connectivity index (χ4v) is 3.91. The molecule has 0 aromatic heterocycles. The van der Waals surface area contributed by atoms with E-state index in [2.05, 4.69) is 5.32 Å². The van der Waals surface area contributed by atoms with Crippen molar-refractivity contribution in [2.24, 2.45) is 0 Å². The van der Waals surface area contributed by atoms with E-state index in [9.17, 15) is 13.2 Å². The maximum Gasteiger partial charge on any atom is 0.244 e. The molecule has 1 aliphatic rings. The average Bonchev–Trinajstić information content (AvgIpc) is 2.44. The van der Waals surface area contributed by atoms with Crippen molar-refractivity contribution in [3.63, 3.8) is 0 Å². The lowest BCUT2D eigenvalue weighted by atomic mass is 10.1. The molecule has 1 saturated heterocycles. The summed E-state index contributed by atoms with van der Waals surface area (Å²) in [5.74, 6) is -0.105. The lowest BCUT2D eigenvalue weighted by molar-refractivity contribution is -0.117. The summed E-state index contributed by atoms with van der Waals surface area (Å²) in [5.41, 5.74) is 1.27. The van der Waals surface area contributed by atoms with Crippen LogP contribution in [0.5, 0.6) is 0 Å². The minimum absolute atomic E-state index is 0.0104.